The largest absolute Gasteiger partial charge is 0.467 e. The van der Waals surface area contributed by atoms with E-state index < -0.39 is 6.04 Å². The smallest absolute Gasteiger partial charge is 0.247 e. The van der Waals surface area contributed by atoms with Crippen LogP contribution in [-0.4, -0.2) is 11.9 Å². The predicted octanol–water partition coefficient (Wildman–Crippen LogP) is 4.43. The molecule has 1 aromatic heterocycles. The SMILES string of the molecule is O=C(NC1CC1)C(Nc1cccc(COCc2ccco2)c1)c1ccccc1. The summed E-state index contributed by atoms with van der Waals surface area (Å²) in [7, 11) is 0. The monoisotopic (exact) mass is 376 g/mol. The van der Waals surface area contributed by atoms with Crippen molar-refractivity contribution in [3.63, 3.8) is 0 Å². The van der Waals surface area contributed by atoms with E-state index in [1.54, 1.807) is 6.26 Å². The highest BCUT2D eigenvalue weighted by molar-refractivity contribution is 5.86. The van der Waals surface area contributed by atoms with Crippen molar-refractivity contribution in [3.05, 3.63) is 89.9 Å². The third-order valence-electron chi connectivity index (χ3n) is 4.65. The molecular weight excluding hydrogens is 352 g/mol. The molecule has 1 saturated carbocycles. The molecule has 0 spiro atoms. The van der Waals surface area contributed by atoms with Crippen molar-refractivity contribution in [1.82, 2.24) is 5.32 Å². The van der Waals surface area contributed by atoms with Crippen molar-refractivity contribution in [1.29, 1.82) is 0 Å². The minimum absolute atomic E-state index is 0.00757. The maximum absolute atomic E-state index is 12.8. The van der Waals surface area contributed by atoms with Gasteiger partial charge in [0.05, 0.1) is 12.9 Å². The molecule has 4 rings (SSSR count). The third-order valence-corrected chi connectivity index (χ3v) is 4.65. The van der Waals surface area contributed by atoms with Crippen LogP contribution >= 0.6 is 0 Å². The minimum Gasteiger partial charge on any atom is -0.467 e. The first-order chi connectivity index (χ1) is 13.8. The topological polar surface area (TPSA) is 63.5 Å². The van der Waals surface area contributed by atoms with Crippen LogP contribution in [0, 0.1) is 0 Å². The van der Waals surface area contributed by atoms with Gasteiger partial charge in [0.2, 0.25) is 5.91 Å². The zero-order chi connectivity index (χ0) is 19.2. The second-order valence-electron chi connectivity index (χ2n) is 7.04. The lowest BCUT2D eigenvalue weighted by Gasteiger charge is -2.20. The number of ether oxygens (including phenoxy) is 1. The van der Waals surface area contributed by atoms with Crippen LogP contribution in [0.2, 0.25) is 0 Å². The van der Waals surface area contributed by atoms with Gasteiger partial charge in [-0.3, -0.25) is 4.79 Å². The fourth-order valence-electron chi connectivity index (χ4n) is 3.04. The first-order valence-corrected chi connectivity index (χ1v) is 9.59. The quantitative estimate of drug-likeness (QED) is 0.580. The molecule has 1 amide bonds. The van der Waals surface area contributed by atoms with Gasteiger partial charge < -0.3 is 19.8 Å². The Morgan fingerprint density at radius 3 is 2.64 bits per heavy atom. The third kappa shape index (κ3) is 5.02. The van der Waals surface area contributed by atoms with E-state index in [4.69, 9.17) is 9.15 Å². The van der Waals surface area contributed by atoms with Crippen molar-refractivity contribution in [2.75, 3.05) is 5.32 Å². The van der Waals surface area contributed by atoms with Gasteiger partial charge in [0.15, 0.2) is 0 Å². The molecule has 0 saturated heterocycles. The molecule has 5 nitrogen and oxygen atoms in total. The number of carbonyl (C=O) groups is 1. The summed E-state index contributed by atoms with van der Waals surface area (Å²) in [5, 5.41) is 6.49. The Kier molecular flexibility index (Phi) is 5.73. The van der Waals surface area contributed by atoms with Crippen LogP contribution in [0.15, 0.2) is 77.4 Å². The molecule has 0 radical (unpaired) electrons. The number of hydrogen-bond donors (Lipinski definition) is 2. The lowest BCUT2D eigenvalue weighted by molar-refractivity contribution is -0.122. The van der Waals surface area contributed by atoms with Gasteiger partial charge in [0.25, 0.3) is 0 Å². The molecule has 0 bridgehead atoms. The van der Waals surface area contributed by atoms with Gasteiger partial charge in [-0.15, -0.1) is 0 Å². The first-order valence-electron chi connectivity index (χ1n) is 9.59. The molecule has 0 aliphatic heterocycles. The molecule has 1 aliphatic rings. The normalized spacial score (nSPS) is 14.4. The van der Waals surface area contributed by atoms with E-state index in [2.05, 4.69) is 10.6 Å². The standard InChI is InChI=1S/C23H24N2O3/c26-23(25-19-11-12-19)22(18-7-2-1-3-8-18)24-20-9-4-6-17(14-20)15-27-16-21-10-5-13-28-21/h1-10,13-14,19,22,24H,11-12,15-16H2,(H,25,26). The molecule has 3 aromatic rings. The van der Waals surface area contributed by atoms with Crippen LogP contribution < -0.4 is 10.6 Å². The summed E-state index contributed by atoms with van der Waals surface area (Å²) in [5.41, 5.74) is 2.87. The summed E-state index contributed by atoms with van der Waals surface area (Å²) in [6.45, 7) is 0.904. The number of rotatable bonds is 9. The molecule has 144 valence electrons. The van der Waals surface area contributed by atoms with Gasteiger partial charge in [-0.05, 0) is 48.2 Å². The number of carbonyl (C=O) groups excluding carboxylic acids is 1. The van der Waals surface area contributed by atoms with E-state index in [-0.39, 0.29) is 5.91 Å². The number of nitrogens with one attached hydrogen (secondary N) is 2. The Balaban J connectivity index is 1.43. The maximum Gasteiger partial charge on any atom is 0.247 e. The molecule has 28 heavy (non-hydrogen) atoms. The summed E-state index contributed by atoms with van der Waals surface area (Å²) < 4.78 is 11.0. The molecule has 2 aromatic carbocycles. The number of hydrogen-bond acceptors (Lipinski definition) is 4. The highest BCUT2D eigenvalue weighted by atomic mass is 16.5. The summed E-state index contributed by atoms with van der Waals surface area (Å²) in [4.78, 5) is 12.8. The summed E-state index contributed by atoms with van der Waals surface area (Å²) in [6, 6.07) is 21.4. The van der Waals surface area contributed by atoms with Crippen molar-refractivity contribution in [3.8, 4) is 0 Å². The van der Waals surface area contributed by atoms with Crippen LogP contribution in [-0.2, 0) is 22.7 Å². The molecule has 5 heteroatoms. The van der Waals surface area contributed by atoms with Gasteiger partial charge in [-0.1, -0.05) is 42.5 Å². The highest BCUT2D eigenvalue weighted by Gasteiger charge is 2.28. The lowest BCUT2D eigenvalue weighted by Crippen LogP contribution is -2.34. The molecular formula is C23H24N2O3. The first kappa shape index (κ1) is 18.3. The van der Waals surface area contributed by atoms with Gasteiger partial charge in [0, 0.05) is 11.7 Å². The molecule has 2 N–H and O–H groups in total. The average Bonchev–Trinajstić information content (AvgIpc) is 3.38. The van der Waals surface area contributed by atoms with E-state index in [9.17, 15) is 4.79 Å². The second-order valence-corrected chi connectivity index (χ2v) is 7.04. The van der Waals surface area contributed by atoms with Crippen molar-refractivity contribution < 1.29 is 13.9 Å². The summed E-state index contributed by atoms with van der Waals surface area (Å²) in [5.74, 6) is 0.809. The van der Waals surface area contributed by atoms with Gasteiger partial charge in [-0.2, -0.15) is 0 Å². The van der Waals surface area contributed by atoms with E-state index in [0.29, 0.717) is 19.3 Å². The average molecular weight is 376 g/mol. The summed E-state index contributed by atoms with van der Waals surface area (Å²) >= 11 is 0. The molecule has 1 fully saturated rings. The van der Waals surface area contributed by atoms with Crippen molar-refractivity contribution in [2.45, 2.75) is 38.1 Å². The Morgan fingerprint density at radius 1 is 1.04 bits per heavy atom. The maximum atomic E-state index is 12.8. The van der Waals surface area contributed by atoms with Crippen LogP contribution in [0.25, 0.3) is 0 Å². The minimum atomic E-state index is -0.430. The number of anilines is 1. The van der Waals surface area contributed by atoms with Crippen LogP contribution in [0.1, 0.15) is 35.8 Å². The van der Waals surface area contributed by atoms with Crippen molar-refractivity contribution in [2.24, 2.45) is 0 Å². The predicted molar refractivity (Wildman–Crippen MR) is 108 cm³/mol. The molecule has 1 aliphatic carbocycles. The number of amides is 1. The van der Waals surface area contributed by atoms with E-state index >= 15 is 0 Å². The lowest BCUT2D eigenvalue weighted by atomic mass is 10.1. The van der Waals surface area contributed by atoms with Crippen LogP contribution in [0.4, 0.5) is 5.69 Å². The number of furan rings is 1. The Bertz CT molecular complexity index is 889. The number of benzene rings is 2. The van der Waals surface area contributed by atoms with Gasteiger partial charge in [0.1, 0.15) is 18.4 Å². The van der Waals surface area contributed by atoms with E-state index in [0.717, 1.165) is 35.4 Å². The molecule has 1 atom stereocenters. The fourth-order valence-corrected chi connectivity index (χ4v) is 3.04. The molecule has 1 unspecified atom stereocenters. The van der Waals surface area contributed by atoms with Gasteiger partial charge >= 0.3 is 0 Å². The van der Waals surface area contributed by atoms with E-state index in [1.807, 2.05) is 66.7 Å². The van der Waals surface area contributed by atoms with Crippen LogP contribution in [0.3, 0.4) is 0 Å². The highest BCUT2D eigenvalue weighted by Crippen LogP contribution is 2.24. The van der Waals surface area contributed by atoms with Crippen molar-refractivity contribution >= 4 is 11.6 Å². The second kappa shape index (κ2) is 8.76. The fraction of sp³-hybridized carbons (Fsp3) is 0.261. The Morgan fingerprint density at radius 2 is 1.89 bits per heavy atom. The zero-order valence-corrected chi connectivity index (χ0v) is 15.6. The Hall–Kier alpha value is -3.05. The zero-order valence-electron chi connectivity index (χ0n) is 15.6. The van der Waals surface area contributed by atoms with Crippen LogP contribution in [0.5, 0.6) is 0 Å². The molecule has 1 heterocycles. The van der Waals surface area contributed by atoms with Gasteiger partial charge in [-0.25, -0.2) is 0 Å². The summed E-state index contributed by atoms with van der Waals surface area (Å²) in [6.07, 6.45) is 3.77. The van der Waals surface area contributed by atoms with E-state index in [1.165, 1.54) is 0 Å². The Labute approximate surface area is 164 Å².